The summed E-state index contributed by atoms with van der Waals surface area (Å²) in [7, 11) is 0. The fourth-order valence-electron chi connectivity index (χ4n) is 1.43. The van der Waals surface area contributed by atoms with Crippen molar-refractivity contribution >= 4 is 15.9 Å². The lowest BCUT2D eigenvalue weighted by molar-refractivity contribution is 0.854. The number of halogens is 1. The van der Waals surface area contributed by atoms with Crippen LogP contribution in [0, 0.1) is 13.8 Å². The lowest BCUT2D eigenvalue weighted by Gasteiger charge is -2.11. The van der Waals surface area contributed by atoms with E-state index in [9.17, 15) is 0 Å². The fourth-order valence-corrected chi connectivity index (χ4v) is 1.88. The standard InChI is InChI=1S/C11H15Br/c1-7(2)10-5-9(4)11(12)6-8(10)3/h5-7H,1-4H3. The van der Waals surface area contributed by atoms with Crippen LogP contribution in [0.25, 0.3) is 0 Å². The Kier molecular flexibility index (Phi) is 2.94. The molecule has 0 heterocycles. The van der Waals surface area contributed by atoms with Crippen molar-refractivity contribution in [1.82, 2.24) is 0 Å². The molecule has 0 nitrogen and oxygen atoms in total. The molecule has 0 spiro atoms. The summed E-state index contributed by atoms with van der Waals surface area (Å²) in [4.78, 5) is 0. The van der Waals surface area contributed by atoms with Gasteiger partial charge in [-0.1, -0.05) is 35.8 Å². The molecule has 0 aliphatic heterocycles. The first kappa shape index (κ1) is 9.79. The summed E-state index contributed by atoms with van der Waals surface area (Å²) in [5.41, 5.74) is 4.16. The van der Waals surface area contributed by atoms with Gasteiger partial charge in [-0.3, -0.25) is 0 Å². The van der Waals surface area contributed by atoms with Gasteiger partial charge < -0.3 is 0 Å². The molecule has 1 aromatic carbocycles. The van der Waals surface area contributed by atoms with Crippen LogP contribution in [0.2, 0.25) is 0 Å². The van der Waals surface area contributed by atoms with Crippen molar-refractivity contribution in [1.29, 1.82) is 0 Å². The third kappa shape index (κ3) is 1.89. The molecule has 0 atom stereocenters. The van der Waals surface area contributed by atoms with Gasteiger partial charge >= 0.3 is 0 Å². The van der Waals surface area contributed by atoms with Gasteiger partial charge in [-0.2, -0.15) is 0 Å². The maximum Gasteiger partial charge on any atom is 0.0207 e. The Balaban J connectivity index is 3.23. The summed E-state index contributed by atoms with van der Waals surface area (Å²) in [5, 5.41) is 0. The highest BCUT2D eigenvalue weighted by atomic mass is 79.9. The number of hydrogen-bond donors (Lipinski definition) is 0. The zero-order chi connectivity index (χ0) is 9.30. The molecule has 1 aromatic rings. The zero-order valence-corrected chi connectivity index (χ0v) is 9.70. The van der Waals surface area contributed by atoms with E-state index in [0.29, 0.717) is 5.92 Å². The Morgan fingerprint density at radius 1 is 1.08 bits per heavy atom. The van der Waals surface area contributed by atoms with E-state index >= 15 is 0 Å². The summed E-state index contributed by atoms with van der Waals surface area (Å²) in [6.45, 7) is 8.76. The Labute approximate surface area is 83.1 Å². The van der Waals surface area contributed by atoms with Crippen molar-refractivity contribution in [2.24, 2.45) is 0 Å². The normalized spacial score (nSPS) is 10.8. The molecule has 0 radical (unpaired) electrons. The largest absolute Gasteiger partial charge is 0.0587 e. The predicted octanol–water partition coefficient (Wildman–Crippen LogP) is 4.19. The Bertz CT molecular complexity index is 287. The van der Waals surface area contributed by atoms with Gasteiger partial charge in [0, 0.05) is 4.47 Å². The number of rotatable bonds is 1. The first-order valence-corrected chi connectivity index (χ1v) is 5.08. The van der Waals surface area contributed by atoms with Gasteiger partial charge in [-0.25, -0.2) is 0 Å². The molecule has 1 rings (SSSR count). The smallest absolute Gasteiger partial charge is 0.0207 e. The van der Waals surface area contributed by atoms with E-state index in [1.165, 1.54) is 21.2 Å². The van der Waals surface area contributed by atoms with Gasteiger partial charge in [0.1, 0.15) is 0 Å². The van der Waals surface area contributed by atoms with Gasteiger partial charge in [0.25, 0.3) is 0 Å². The molecule has 0 bridgehead atoms. The van der Waals surface area contributed by atoms with Crippen molar-refractivity contribution in [3.05, 3.63) is 33.3 Å². The SMILES string of the molecule is Cc1cc(C(C)C)c(C)cc1Br. The monoisotopic (exact) mass is 226 g/mol. The average molecular weight is 227 g/mol. The average Bonchev–Trinajstić information content (AvgIpc) is 1.96. The number of aryl methyl sites for hydroxylation is 2. The highest BCUT2D eigenvalue weighted by Crippen LogP contribution is 2.25. The summed E-state index contributed by atoms with van der Waals surface area (Å²) in [5.74, 6) is 0.622. The predicted molar refractivity (Wildman–Crippen MR) is 57.7 cm³/mol. The molecule has 66 valence electrons. The van der Waals surface area contributed by atoms with Gasteiger partial charge in [0.15, 0.2) is 0 Å². The first-order chi connectivity index (χ1) is 5.52. The zero-order valence-electron chi connectivity index (χ0n) is 8.11. The van der Waals surface area contributed by atoms with E-state index < -0.39 is 0 Å². The van der Waals surface area contributed by atoms with Crippen LogP contribution >= 0.6 is 15.9 Å². The first-order valence-electron chi connectivity index (χ1n) is 4.29. The van der Waals surface area contributed by atoms with Gasteiger partial charge in [0.05, 0.1) is 0 Å². The molecule has 0 fully saturated rings. The highest BCUT2D eigenvalue weighted by molar-refractivity contribution is 9.10. The van der Waals surface area contributed by atoms with E-state index in [1.54, 1.807) is 0 Å². The second-order valence-electron chi connectivity index (χ2n) is 3.61. The molecule has 0 aliphatic carbocycles. The molecule has 0 unspecified atom stereocenters. The minimum absolute atomic E-state index is 0.622. The van der Waals surface area contributed by atoms with Crippen molar-refractivity contribution in [2.75, 3.05) is 0 Å². The molecule has 0 N–H and O–H groups in total. The van der Waals surface area contributed by atoms with Crippen LogP contribution in [0.5, 0.6) is 0 Å². The lowest BCUT2D eigenvalue weighted by atomic mass is 9.96. The summed E-state index contributed by atoms with van der Waals surface area (Å²) in [6, 6.07) is 4.47. The molecule has 1 heteroatoms. The molecular weight excluding hydrogens is 212 g/mol. The van der Waals surface area contributed by atoms with Crippen LogP contribution in [0.3, 0.4) is 0 Å². The Hall–Kier alpha value is -0.300. The van der Waals surface area contributed by atoms with Crippen molar-refractivity contribution in [2.45, 2.75) is 33.6 Å². The molecule has 0 amide bonds. The summed E-state index contributed by atoms with van der Waals surface area (Å²) >= 11 is 3.53. The van der Waals surface area contributed by atoms with E-state index in [0.717, 1.165) is 0 Å². The fraction of sp³-hybridized carbons (Fsp3) is 0.455. The van der Waals surface area contributed by atoms with Crippen LogP contribution in [0.1, 0.15) is 36.5 Å². The maximum atomic E-state index is 3.53. The highest BCUT2D eigenvalue weighted by Gasteiger charge is 2.05. The van der Waals surface area contributed by atoms with Crippen LogP contribution < -0.4 is 0 Å². The molecular formula is C11H15Br. The van der Waals surface area contributed by atoms with Crippen molar-refractivity contribution in [3.8, 4) is 0 Å². The van der Waals surface area contributed by atoms with E-state index in [4.69, 9.17) is 0 Å². The van der Waals surface area contributed by atoms with E-state index in [-0.39, 0.29) is 0 Å². The van der Waals surface area contributed by atoms with Crippen molar-refractivity contribution < 1.29 is 0 Å². The van der Waals surface area contributed by atoms with Gasteiger partial charge in [-0.15, -0.1) is 0 Å². The minimum atomic E-state index is 0.622. The number of hydrogen-bond acceptors (Lipinski definition) is 0. The second kappa shape index (κ2) is 3.61. The summed E-state index contributed by atoms with van der Waals surface area (Å²) < 4.78 is 1.21. The van der Waals surface area contributed by atoms with Crippen LogP contribution in [-0.2, 0) is 0 Å². The van der Waals surface area contributed by atoms with Gasteiger partial charge in [-0.05, 0) is 42.5 Å². The molecule has 0 saturated heterocycles. The van der Waals surface area contributed by atoms with E-state index in [2.05, 4.69) is 55.8 Å². The molecule has 0 aliphatic rings. The van der Waals surface area contributed by atoms with Crippen molar-refractivity contribution in [3.63, 3.8) is 0 Å². The summed E-state index contributed by atoms with van der Waals surface area (Å²) in [6.07, 6.45) is 0. The Morgan fingerprint density at radius 2 is 1.67 bits per heavy atom. The van der Waals surface area contributed by atoms with Gasteiger partial charge in [0.2, 0.25) is 0 Å². The van der Waals surface area contributed by atoms with E-state index in [1.807, 2.05) is 0 Å². The van der Waals surface area contributed by atoms with Crippen LogP contribution in [0.4, 0.5) is 0 Å². The topological polar surface area (TPSA) is 0 Å². The molecule has 0 aromatic heterocycles. The Morgan fingerprint density at radius 3 is 2.17 bits per heavy atom. The minimum Gasteiger partial charge on any atom is -0.0587 e. The quantitative estimate of drug-likeness (QED) is 0.674. The maximum absolute atomic E-state index is 3.53. The molecule has 0 saturated carbocycles. The van der Waals surface area contributed by atoms with Crippen LogP contribution in [-0.4, -0.2) is 0 Å². The third-order valence-corrected chi connectivity index (χ3v) is 3.02. The van der Waals surface area contributed by atoms with Crippen LogP contribution in [0.15, 0.2) is 16.6 Å². The lowest BCUT2D eigenvalue weighted by Crippen LogP contribution is -1.93. The second-order valence-corrected chi connectivity index (χ2v) is 4.47. The third-order valence-electron chi connectivity index (χ3n) is 2.17. The number of benzene rings is 1. The molecule has 12 heavy (non-hydrogen) atoms.